The number of ether oxygens (including phenoxy) is 1. The fraction of sp³-hybridized carbons (Fsp3) is 0.423. The summed E-state index contributed by atoms with van der Waals surface area (Å²) in [4.78, 5) is 21.3. The van der Waals surface area contributed by atoms with Gasteiger partial charge in [-0.2, -0.15) is 4.98 Å². The molecule has 9 heteroatoms. The van der Waals surface area contributed by atoms with Crippen molar-refractivity contribution in [1.82, 2.24) is 15.0 Å². The lowest BCUT2D eigenvalue weighted by atomic mass is 10.1. The molecule has 0 spiro atoms. The summed E-state index contributed by atoms with van der Waals surface area (Å²) in [5.41, 5.74) is 3.87. The Hall–Kier alpha value is -3.43. The second-order valence-corrected chi connectivity index (χ2v) is 9.27. The third-order valence-electron chi connectivity index (χ3n) is 7.15. The zero-order valence-corrected chi connectivity index (χ0v) is 19.7. The molecule has 0 bridgehead atoms. The molecule has 2 aromatic heterocycles. The van der Waals surface area contributed by atoms with Crippen LogP contribution in [0.25, 0.3) is 11.3 Å². The Balaban J connectivity index is 1.42. The summed E-state index contributed by atoms with van der Waals surface area (Å²) in [6, 6.07) is 11.5. The smallest absolute Gasteiger partial charge is 0.228 e. The van der Waals surface area contributed by atoms with Gasteiger partial charge in [-0.15, -0.1) is 0 Å². The zero-order chi connectivity index (χ0) is 23.8. The van der Waals surface area contributed by atoms with E-state index in [1.807, 2.05) is 24.4 Å². The van der Waals surface area contributed by atoms with Crippen LogP contribution in [-0.2, 0) is 11.2 Å². The molecule has 182 valence electrons. The van der Waals surface area contributed by atoms with Crippen molar-refractivity contribution in [3.05, 3.63) is 48.2 Å². The Morgan fingerprint density at radius 2 is 1.91 bits per heavy atom. The minimum absolute atomic E-state index is 0.122. The average Bonchev–Trinajstić information content (AvgIpc) is 3.56. The topological polar surface area (TPSA) is 98.1 Å². The molecule has 6 rings (SSSR count). The van der Waals surface area contributed by atoms with Gasteiger partial charge >= 0.3 is 0 Å². The molecule has 2 fully saturated rings. The van der Waals surface area contributed by atoms with Crippen LogP contribution < -0.4 is 14.7 Å². The zero-order valence-electron chi connectivity index (χ0n) is 19.7. The Morgan fingerprint density at radius 1 is 1.03 bits per heavy atom. The summed E-state index contributed by atoms with van der Waals surface area (Å²) in [7, 11) is 0. The number of hydrogen-bond donors (Lipinski definition) is 2. The van der Waals surface area contributed by atoms with E-state index in [-0.39, 0.29) is 18.4 Å². The normalized spacial score (nSPS) is 19.9. The van der Waals surface area contributed by atoms with E-state index in [1.165, 1.54) is 0 Å². The molecule has 2 saturated heterocycles. The van der Waals surface area contributed by atoms with Crippen molar-refractivity contribution in [2.45, 2.75) is 25.3 Å². The lowest BCUT2D eigenvalue weighted by Crippen LogP contribution is -2.37. The fourth-order valence-electron chi connectivity index (χ4n) is 5.35. The lowest BCUT2D eigenvalue weighted by molar-refractivity contribution is 0.122. The number of aromatic hydroxyl groups is 1. The number of fused-ring (bicyclic) bond motifs is 1. The van der Waals surface area contributed by atoms with E-state index in [1.54, 1.807) is 12.1 Å². The number of nitrogens with zero attached hydrogens (tertiary/aromatic N) is 6. The van der Waals surface area contributed by atoms with Crippen LogP contribution in [0, 0.1) is 0 Å². The van der Waals surface area contributed by atoms with Gasteiger partial charge in [0.15, 0.2) is 0 Å². The number of anilines is 4. The Morgan fingerprint density at radius 3 is 2.74 bits per heavy atom. The van der Waals surface area contributed by atoms with Gasteiger partial charge in [-0.25, -0.2) is 9.97 Å². The van der Waals surface area contributed by atoms with E-state index in [9.17, 15) is 10.2 Å². The Kier molecular flexibility index (Phi) is 5.87. The molecule has 2 N–H and O–H groups in total. The van der Waals surface area contributed by atoms with Crippen molar-refractivity contribution in [2.75, 3.05) is 60.7 Å². The number of morpholine rings is 1. The minimum atomic E-state index is 0.122. The van der Waals surface area contributed by atoms with E-state index in [2.05, 4.69) is 25.8 Å². The number of pyridine rings is 1. The Labute approximate surface area is 204 Å². The van der Waals surface area contributed by atoms with Crippen molar-refractivity contribution in [2.24, 2.45) is 0 Å². The van der Waals surface area contributed by atoms with Crippen LogP contribution in [0.3, 0.4) is 0 Å². The maximum absolute atomic E-state index is 10.1. The van der Waals surface area contributed by atoms with Gasteiger partial charge in [-0.05, 0) is 37.5 Å². The summed E-state index contributed by atoms with van der Waals surface area (Å²) < 4.78 is 5.54. The van der Waals surface area contributed by atoms with E-state index >= 15 is 0 Å². The number of aromatic nitrogens is 3. The van der Waals surface area contributed by atoms with Crippen LogP contribution in [0.15, 0.2) is 42.6 Å². The van der Waals surface area contributed by atoms with Crippen molar-refractivity contribution < 1.29 is 14.9 Å². The second kappa shape index (κ2) is 9.31. The highest BCUT2D eigenvalue weighted by Gasteiger charge is 2.30. The first-order valence-corrected chi connectivity index (χ1v) is 12.4. The molecule has 5 heterocycles. The largest absolute Gasteiger partial charge is 0.508 e. The molecule has 3 aromatic rings. The predicted octanol–water partition coefficient (Wildman–Crippen LogP) is 2.74. The molecule has 1 atom stereocenters. The van der Waals surface area contributed by atoms with Crippen LogP contribution in [0.1, 0.15) is 18.4 Å². The number of hydrogen-bond acceptors (Lipinski definition) is 9. The molecule has 3 aliphatic heterocycles. The number of phenols is 1. The molecule has 0 radical (unpaired) electrons. The van der Waals surface area contributed by atoms with Crippen LogP contribution in [0.5, 0.6) is 5.75 Å². The molecule has 3 aliphatic rings. The van der Waals surface area contributed by atoms with Gasteiger partial charge in [0.05, 0.1) is 31.6 Å². The van der Waals surface area contributed by atoms with E-state index in [4.69, 9.17) is 14.7 Å². The molecule has 1 aromatic carbocycles. The first-order chi connectivity index (χ1) is 17.2. The van der Waals surface area contributed by atoms with E-state index < -0.39 is 0 Å². The number of rotatable bonds is 5. The molecule has 0 saturated carbocycles. The number of aliphatic hydroxyl groups excluding tert-OH is 1. The van der Waals surface area contributed by atoms with E-state index in [0.29, 0.717) is 19.2 Å². The second-order valence-electron chi connectivity index (χ2n) is 9.27. The van der Waals surface area contributed by atoms with Crippen molar-refractivity contribution in [1.29, 1.82) is 0 Å². The average molecular weight is 475 g/mol. The summed E-state index contributed by atoms with van der Waals surface area (Å²) in [6.45, 7) is 4.63. The number of aliphatic hydroxyl groups is 1. The molecular weight excluding hydrogens is 444 g/mol. The SMILES string of the molecule is OCC1CCCN1c1cc(N2CCc3c(-c4cccc(O)c4)nc(N4CCOCC4)nc32)ccn1. The summed E-state index contributed by atoms with van der Waals surface area (Å²) in [5, 5.41) is 19.9. The van der Waals surface area contributed by atoms with Gasteiger partial charge < -0.3 is 29.6 Å². The number of benzene rings is 1. The standard InChI is InChI=1S/C26H30N6O3/c33-17-20-4-2-9-31(20)23-16-19(6-8-27-23)32-10-7-22-24(18-3-1-5-21(34)15-18)28-26(29-25(22)32)30-11-13-35-14-12-30/h1,3,5-6,8,15-16,20,33-34H,2,4,7,9-14,17H2. The lowest BCUT2D eigenvalue weighted by Gasteiger charge is -2.29. The minimum Gasteiger partial charge on any atom is -0.508 e. The molecule has 9 nitrogen and oxygen atoms in total. The third-order valence-corrected chi connectivity index (χ3v) is 7.15. The predicted molar refractivity (Wildman–Crippen MR) is 135 cm³/mol. The highest BCUT2D eigenvalue weighted by molar-refractivity contribution is 5.78. The number of phenolic OH excluding ortho intramolecular Hbond substituents is 1. The van der Waals surface area contributed by atoms with Crippen LogP contribution in [-0.4, -0.2) is 77.2 Å². The van der Waals surface area contributed by atoms with Gasteiger partial charge in [-0.3, -0.25) is 0 Å². The van der Waals surface area contributed by atoms with Gasteiger partial charge in [0, 0.05) is 55.3 Å². The van der Waals surface area contributed by atoms with Crippen LogP contribution in [0.4, 0.5) is 23.3 Å². The Bertz CT molecular complexity index is 1220. The maximum atomic E-state index is 10.1. The van der Waals surface area contributed by atoms with Gasteiger partial charge in [0.25, 0.3) is 0 Å². The quantitative estimate of drug-likeness (QED) is 0.578. The van der Waals surface area contributed by atoms with E-state index in [0.717, 1.165) is 79.6 Å². The summed E-state index contributed by atoms with van der Waals surface area (Å²) in [6.07, 6.45) is 4.70. The van der Waals surface area contributed by atoms with Crippen molar-refractivity contribution >= 4 is 23.3 Å². The van der Waals surface area contributed by atoms with Crippen molar-refractivity contribution in [3.8, 4) is 17.0 Å². The molecule has 0 aliphatic carbocycles. The first-order valence-electron chi connectivity index (χ1n) is 12.4. The molecule has 1 unspecified atom stereocenters. The summed E-state index contributed by atoms with van der Waals surface area (Å²) in [5.74, 6) is 2.70. The molecular formula is C26H30N6O3. The van der Waals surface area contributed by atoms with Crippen LogP contribution in [0.2, 0.25) is 0 Å². The fourth-order valence-corrected chi connectivity index (χ4v) is 5.35. The first kappa shape index (κ1) is 22.1. The third kappa shape index (κ3) is 4.15. The highest BCUT2D eigenvalue weighted by Crippen LogP contribution is 2.40. The maximum Gasteiger partial charge on any atom is 0.228 e. The summed E-state index contributed by atoms with van der Waals surface area (Å²) >= 11 is 0. The van der Waals surface area contributed by atoms with Gasteiger partial charge in [0.2, 0.25) is 5.95 Å². The molecule has 35 heavy (non-hydrogen) atoms. The van der Waals surface area contributed by atoms with Crippen LogP contribution >= 0.6 is 0 Å². The monoisotopic (exact) mass is 474 g/mol. The molecule has 0 amide bonds. The van der Waals surface area contributed by atoms with Gasteiger partial charge in [0.1, 0.15) is 17.4 Å². The highest BCUT2D eigenvalue weighted by atomic mass is 16.5. The van der Waals surface area contributed by atoms with Crippen molar-refractivity contribution in [3.63, 3.8) is 0 Å². The van der Waals surface area contributed by atoms with Gasteiger partial charge in [-0.1, -0.05) is 12.1 Å².